The molecular formula is C16H15ClN4O2. The molecule has 0 fully saturated rings. The third kappa shape index (κ3) is 5.19. The fourth-order valence-electron chi connectivity index (χ4n) is 1.73. The summed E-state index contributed by atoms with van der Waals surface area (Å²) in [6, 6.07) is 11.9. The Morgan fingerprint density at radius 2 is 1.91 bits per heavy atom. The highest BCUT2D eigenvalue weighted by atomic mass is 35.5. The van der Waals surface area contributed by atoms with E-state index in [1.165, 1.54) is 6.20 Å². The van der Waals surface area contributed by atoms with E-state index in [1.54, 1.807) is 49.4 Å². The van der Waals surface area contributed by atoms with Gasteiger partial charge in [-0.1, -0.05) is 29.8 Å². The molecule has 0 unspecified atom stereocenters. The maximum Gasteiger partial charge on any atom is 0.289 e. The smallest absolute Gasteiger partial charge is 0.289 e. The minimum absolute atomic E-state index is 0.0354. The van der Waals surface area contributed by atoms with Crippen molar-refractivity contribution in [3.63, 3.8) is 0 Å². The Labute approximate surface area is 138 Å². The molecule has 0 bridgehead atoms. The Kier molecular flexibility index (Phi) is 5.82. The molecule has 0 aliphatic heterocycles. The lowest BCUT2D eigenvalue weighted by Gasteiger charge is -2.07. The van der Waals surface area contributed by atoms with E-state index in [9.17, 15) is 9.59 Å². The first kappa shape index (κ1) is 16.6. The predicted octanol–water partition coefficient (Wildman–Crippen LogP) is 2.87. The van der Waals surface area contributed by atoms with E-state index in [1.807, 2.05) is 0 Å². The van der Waals surface area contributed by atoms with Gasteiger partial charge in [-0.2, -0.15) is 5.10 Å². The summed E-state index contributed by atoms with van der Waals surface area (Å²) in [5, 5.41) is 7.03. The summed E-state index contributed by atoms with van der Waals surface area (Å²) < 4.78 is 0. The van der Waals surface area contributed by atoms with Crippen LogP contribution in [0.1, 0.15) is 23.8 Å². The van der Waals surface area contributed by atoms with Crippen LogP contribution in [0.15, 0.2) is 53.8 Å². The number of para-hydroxylation sites is 1. The number of aromatic nitrogens is 1. The molecule has 0 saturated heterocycles. The number of nitrogens with one attached hydrogen (secondary N) is 2. The van der Waals surface area contributed by atoms with Crippen LogP contribution in [-0.4, -0.2) is 22.5 Å². The van der Waals surface area contributed by atoms with Crippen molar-refractivity contribution in [2.24, 2.45) is 5.10 Å². The van der Waals surface area contributed by atoms with Crippen molar-refractivity contribution in [3.05, 3.63) is 59.4 Å². The maximum atomic E-state index is 11.9. The number of rotatable bonds is 5. The van der Waals surface area contributed by atoms with Gasteiger partial charge < -0.3 is 5.32 Å². The van der Waals surface area contributed by atoms with Crippen molar-refractivity contribution in [1.82, 2.24) is 10.4 Å². The van der Waals surface area contributed by atoms with Gasteiger partial charge in [0.25, 0.3) is 5.91 Å². The van der Waals surface area contributed by atoms with Gasteiger partial charge in [0.2, 0.25) is 5.91 Å². The molecule has 2 amide bonds. The lowest BCUT2D eigenvalue weighted by Crippen LogP contribution is -2.22. The lowest BCUT2D eigenvalue weighted by atomic mass is 10.2. The van der Waals surface area contributed by atoms with E-state index in [2.05, 4.69) is 20.8 Å². The van der Waals surface area contributed by atoms with Crippen LogP contribution in [0.2, 0.25) is 5.02 Å². The van der Waals surface area contributed by atoms with Gasteiger partial charge in [0.1, 0.15) is 5.69 Å². The van der Waals surface area contributed by atoms with Crippen LogP contribution < -0.4 is 10.7 Å². The summed E-state index contributed by atoms with van der Waals surface area (Å²) >= 11 is 5.97. The van der Waals surface area contributed by atoms with Crippen molar-refractivity contribution >= 4 is 34.8 Å². The van der Waals surface area contributed by atoms with Crippen molar-refractivity contribution in [1.29, 1.82) is 0 Å². The highest BCUT2D eigenvalue weighted by Gasteiger charge is 2.08. The van der Waals surface area contributed by atoms with Gasteiger partial charge in [0, 0.05) is 11.9 Å². The summed E-state index contributed by atoms with van der Waals surface area (Å²) in [4.78, 5) is 27.6. The number of pyridine rings is 1. The van der Waals surface area contributed by atoms with Crippen LogP contribution in [0.5, 0.6) is 0 Å². The largest absolute Gasteiger partial charge is 0.324 e. The van der Waals surface area contributed by atoms with Crippen LogP contribution in [0.3, 0.4) is 0 Å². The molecule has 1 heterocycles. The van der Waals surface area contributed by atoms with Gasteiger partial charge in [0.05, 0.1) is 17.1 Å². The first-order chi connectivity index (χ1) is 11.1. The molecule has 1 aromatic carbocycles. The summed E-state index contributed by atoms with van der Waals surface area (Å²) in [5.41, 5.74) is 3.60. The van der Waals surface area contributed by atoms with Gasteiger partial charge in [-0.05, 0) is 31.2 Å². The fourth-order valence-corrected chi connectivity index (χ4v) is 1.91. The van der Waals surface area contributed by atoms with Gasteiger partial charge in [-0.15, -0.1) is 0 Å². The molecule has 7 heteroatoms. The number of nitrogens with zero attached hydrogens (tertiary/aromatic N) is 2. The number of hydrogen-bond donors (Lipinski definition) is 2. The van der Waals surface area contributed by atoms with E-state index >= 15 is 0 Å². The Morgan fingerprint density at radius 3 is 2.61 bits per heavy atom. The molecule has 0 aliphatic carbocycles. The number of carbonyl (C=O) groups excluding carboxylic acids is 2. The summed E-state index contributed by atoms with van der Waals surface area (Å²) in [6.45, 7) is 1.64. The topological polar surface area (TPSA) is 83.5 Å². The Balaban J connectivity index is 1.88. The number of benzene rings is 1. The summed E-state index contributed by atoms with van der Waals surface area (Å²) in [7, 11) is 0. The molecule has 0 aliphatic rings. The number of anilines is 1. The average Bonchev–Trinajstić information content (AvgIpc) is 2.55. The second kappa shape index (κ2) is 8.05. The molecule has 0 spiro atoms. The lowest BCUT2D eigenvalue weighted by molar-refractivity contribution is -0.115. The average molecular weight is 331 g/mol. The maximum absolute atomic E-state index is 11.9. The van der Waals surface area contributed by atoms with E-state index in [4.69, 9.17) is 11.6 Å². The number of amides is 2. The number of carbonyl (C=O) groups is 2. The Hall–Kier alpha value is -2.73. The van der Waals surface area contributed by atoms with Gasteiger partial charge >= 0.3 is 0 Å². The third-order valence-corrected chi connectivity index (χ3v) is 3.14. The number of hydrazone groups is 1. The Morgan fingerprint density at radius 1 is 1.17 bits per heavy atom. The predicted molar refractivity (Wildman–Crippen MR) is 89.5 cm³/mol. The van der Waals surface area contributed by atoms with E-state index in [0.29, 0.717) is 16.4 Å². The second-order valence-corrected chi connectivity index (χ2v) is 5.11. The summed E-state index contributed by atoms with van der Waals surface area (Å²) in [5.74, 6) is -0.706. The molecule has 0 saturated carbocycles. The quantitative estimate of drug-likeness (QED) is 0.653. The molecule has 0 atom stereocenters. The zero-order valence-corrected chi connectivity index (χ0v) is 13.2. The first-order valence-electron chi connectivity index (χ1n) is 6.85. The fraction of sp³-hybridized carbons (Fsp3) is 0.125. The van der Waals surface area contributed by atoms with Crippen molar-refractivity contribution < 1.29 is 9.59 Å². The molecule has 2 rings (SSSR count). The van der Waals surface area contributed by atoms with Crippen LogP contribution in [0, 0.1) is 0 Å². The van der Waals surface area contributed by atoms with Gasteiger partial charge in [-0.25, -0.2) is 5.43 Å². The molecule has 1 aromatic heterocycles. The first-order valence-corrected chi connectivity index (χ1v) is 7.23. The van der Waals surface area contributed by atoms with Crippen LogP contribution >= 0.6 is 11.6 Å². The summed E-state index contributed by atoms with van der Waals surface area (Å²) in [6.07, 6.45) is 1.55. The zero-order chi connectivity index (χ0) is 16.7. The standard InChI is InChI=1S/C16H15ClN4O2/c1-11(20-21-16(23)14-8-4-5-9-18-14)10-15(22)19-13-7-3-2-6-12(13)17/h2-9H,10H2,1H3,(H,19,22)(H,21,23)/b20-11+. The minimum Gasteiger partial charge on any atom is -0.324 e. The molecule has 118 valence electrons. The van der Waals surface area contributed by atoms with Crippen molar-refractivity contribution in [2.45, 2.75) is 13.3 Å². The van der Waals surface area contributed by atoms with Gasteiger partial charge in [-0.3, -0.25) is 14.6 Å². The second-order valence-electron chi connectivity index (χ2n) is 4.71. The normalized spacial score (nSPS) is 11.0. The monoisotopic (exact) mass is 330 g/mol. The number of hydrogen-bond acceptors (Lipinski definition) is 4. The van der Waals surface area contributed by atoms with E-state index in [-0.39, 0.29) is 18.0 Å². The van der Waals surface area contributed by atoms with Crippen molar-refractivity contribution in [3.8, 4) is 0 Å². The molecule has 0 radical (unpaired) electrons. The minimum atomic E-state index is -0.434. The molecule has 6 nitrogen and oxygen atoms in total. The van der Waals surface area contributed by atoms with Crippen LogP contribution in [0.25, 0.3) is 0 Å². The van der Waals surface area contributed by atoms with E-state index < -0.39 is 5.91 Å². The molecular weight excluding hydrogens is 316 g/mol. The molecule has 2 aromatic rings. The molecule has 2 N–H and O–H groups in total. The number of halogens is 1. The zero-order valence-electron chi connectivity index (χ0n) is 12.4. The van der Waals surface area contributed by atoms with Gasteiger partial charge in [0.15, 0.2) is 0 Å². The van der Waals surface area contributed by atoms with Crippen LogP contribution in [0.4, 0.5) is 5.69 Å². The van der Waals surface area contributed by atoms with E-state index in [0.717, 1.165) is 0 Å². The SMILES string of the molecule is C/C(CC(=O)Nc1ccccc1Cl)=N\NC(=O)c1ccccn1. The van der Waals surface area contributed by atoms with Crippen molar-refractivity contribution in [2.75, 3.05) is 5.32 Å². The van der Waals surface area contributed by atoms with Crippen LogP contribution in [-0.2, 0) is 4.79 Å². The third-order valence-electron chi connectivity index (χ3n) is 2.81. The highest BCUT2D eigenvalue weighted by molar-refractivity contribution is 6.33. The molecule has 23 heavy (non-hydrogen) atoms. The highest BCUT2D eigenvalue weighted by Crippen LogP contribution is 2.20. The Bertz CT molecular complexity index is 732.